The van der Waals surface area contributed by atoms with Crippen molar-refractivity contribution in [3.63, 3.8) is 0 Å². The molecule has 1 amide bonds. The fraction of sp³-hybridized carbons (Fsp3) is 0.167. The Labute approximate surface area is 150 Å². The first-order valence-electron chi connectivity index (χ1n) is 7.64. The van der Waals surface area contributed by atoms with Gasteiger partial charge < -0.3 is 15.0 Å². The molecule has 0 saturated heterocycles. The molecule has 6 nitrogen and oxygen atoms in total. The van der Waals surface area contributed by atoms with Crippen molar-refractivity contribution < 1.29 is 9.53 Å². The highest BCUT2D eigenvalue weighted by Gasteiger charge is 2.14. The molecule has 7 heteroatoms. The van der Waals surface area contributed by atoms with Gasteiger partial charge in [0.05, 0.1) is 5.02 Å². The van der Waals surface area contributed by atoms with Crippen LogP contribution in [-0.4, -0.2) is 20.7 Å². The lowest BCUT2D eigenvalue weighted by atomic mass is 10.1. The van der Waals surface area contributed by atoms with Crippen LogP contribution < -0.4 is 10.5 Å². The van der Waals surface area contributed by atoms with Crippen LogP contribution >= 0.6 is 11.6 Å². The second-order valence-electron chi connectivity index (χ2n) is 5.61. The number of nitrogens with two attached hydrogens (primary N) is 1. The van der Waals surface area contributed by atoms with Crippen LogP contribution in [0.5, 0.6) is 5.75 Å². The monoisotopic (exact) mass is 356 g/mol. The van der Waals surface area contributed by atoms with Crippen molar-refractivity contribution in [1.29, 1.82) is 0 Å². The summed E-state index contributed by atoms with van der Waals surface area (Å²) in [6, 6.07) is 12.5. The molecule has 2 aromatic carbocycles. The summed E-state index contributed by atoms with van der Waals surface area (Å²) in [6.45, 7) is 2.10. The SMILES string of the molecule is Cc1cc(C(N)=O)ccc1OCc1nnc(-c2ccccc2Cl)n1C. The van der Waals surface area contributed by atoms with E-state index in [0.717, 1.165) is 11.1 Å². The lowest BCUT2D eigenvalue weighted by Crippen LogP contribution is -2.11. The second-order valence-corrected chi connectivity index (χ2v) is 6.02. The predicted molar refractivity (Wildman–Crippen MR) is 95.5 cm³/mol. The van der Waals surface area contributed by atoms with Crippen LogP contribution in [0.1, 0.15) is 21.7 Å². The molecule has 0 atom stereocenters. The maximum atomic E-state index is 11.2. The van der Waals surface area contributed by atoms with Crippen molar-refractivity contribution in [3.8, 4) is 17.1 Å². The van der Waals surface area contributed by atoms with Gasteiger partial charge in [0.2, 0.25) is 5.91 Å². The molecule has 2 N–H and O–H groups in total. The van der Waals surface area contributed by atoms with Crippen molar-refractivity contribution >= 4 is 17.5 Å². The number of hydrogen-bond acceptors (Lipinski definition) is 4. The first-order chi connectivity index (χ1) is 12.0. The van der Waals surface area contributed by atoms with Crippen molar-refractivity contribution in [3.05, 3.63) is 64.4 Å². The lowest BCUT2D eigenvalue weighted by molar-refractivity contribution is 0.1000. The molecule has 0 aliphatic carbocycles. The average molecular weight is 357 g/mol. The third-order valence-electron chi connectivity index (χ3n) is 3.90. The van der Waals surface area contributed by atoms with Crippen LogP contribution in [0.15, 0.2) is 42.5 Å². The van der Waals surface area contributed by atoms with Crippen molar-refractivity contribution in [1.82, 2.24) is 14.8 Å². The van der Waals surface area contributed by atoms with Gasteiger partial charge in [-0.3, -0.25) is 4.79 Å². The average Bonchev–Trinajstić information content (AvgIpc) is 2.95. The fourth-order valence-corrected chi connectivity index (χ4v) is 2.69. The largest absolute Gasteiger partial charge is 0.485 e. The van der Waals surface area contributed by atoms with Gasteiger partial charge in [0.25, 0.3) is 0 Å². The number of benzene rings is 2. The highest BCUT2D eigenvalue weighted by molar-refractivity contribution is 6.33. The number of nitrogens with zero attached hydrogens (tertiary/aromatic N) is 3. The Hall–Kier alpha value is -2.86. The summed E-state index contributed by atoms with van der Waals surface area (Å²) in [4.78, 5) is 11.2. The van der Waals surface area contributed by atoms with Gasteiger partial charge in [-0.05, 0) is 42.8 Å². The lowest BCUT2D eigenvalue weighted by Gasteiger charge is -2.10. The third kappa shape index (κ3) is 3.49. The van der Waals surface area contributed by atoms with E-state index in [1.54, 1.807) is 18.2 Å². The van der Waals surface area contributed by atoms with E-state index in [-0.39, 0.29) is 6.61 Å². The fourth-order valence-electron chi connectivity index (χ4n) is 2.47. The third-order valence-corrected chi connectivity index (χ3v) is 4.23. The summed E-state index contributed by atoms with van der Waals surface area (Å²) in [5.41, 5.74) is 7.36. The standard InChI is InChI=1S/C18H17ClN4O2/c1-11-9-12(17(20)24)7-8-15(11)25-10-16-21-22-18(23(16)2)13-5-3-4-6-14(13)19/h3-9H,10H2,1-2H3,(H2,20,24). The van der Waals surface area contributed by atoms with Gasteiger partial charge in [-0.15, -0.1) is 10.2 Å². The van der Waals surface area contributed by atoms with Crippen LogP contribution in [0.3, 0.4) is 0 Å². The normalized spacial score (nSPS) is 10.7. The molecule has 0 saturated carbocycles. The zero-order chi connectivity index (χ0) is 18.0. The van der Waals surface area contributed by atoms with E-state index in [2.05, 4.69) is 10.2 Å². The summed E-state index contributed by atoms with van der Waals surface area (Å²) in [7, 11) is 1.86. The Kier molecular flexibility index (Phi) is 4.72. The highest BCUT2D eigenvalue weighted by Crippen LogP contribution is 2.26. The molecule has 0 bridgehead atoms. The summed E-state index contributed by atoms with van der Waals surface area (Å²) in [6.07, 6.45) is 0. The van der Waals surface area contributed by atoms with E-state index in [1.165, 1.54) is 0 Å². The van der Waals surface area contributed by atoms with E-state index in [1.807, 2.05) is 42.8 Å². The van der Waals surface area contributed by atoms with Gasteiger partial charge in [-0.1, -0.05) is 23.7 Å². The van der Waals surface area contributed by atoms with Crippen molar-refractivity contribution in [2.45, 2.75) is 13.5 Å². The van der Waals surface area contributed by atoms with Gasteiger partial charge in [0, 0.05) is 18.2 Å². The minimum absolute atomic E-state index is 0.241. The summed E-state index contributed by atoms with van der Waals surface area (Å²) < 4.78 is 7.65. The van der Waals surface area contributed by atoms with Gasteiger partial charge in [0.15, 0.2) is 11.6 Å². The number of amides is 1. The Morgan fingerprint density at radius 2 is 2.00 bits per heavy atom. The first kappa shape index (κ1) is 17.0. The maximum absolute atomic E-state index is 11.2. The highest BCUT2D eigenvalue weighted by atomic mass is 35.5. The van der Waals surface area contributed by atoms with E-state index in [0.29, 0.717) is 28.0 Å². The van der Waals surface area contributed by atoms with Crippen LogP contribution in [0.25, 0.3) is 11.4 Å². The molecule has 3 rings (SSSR count). The number of aromatic nitrogens is 3. The number of primary amides is 1. The van der Waals surface area contributed by atoms with E-state index < -0.39 is 5.91 Å². The molecule has 0 unspecified atom stereocenters. The predicted octanol–water partition coefficient (Wildman–Crippen LogP) is 3.12. The van der Waals surface area contributed by atoms with E-state index in [9.17, 15) is 4.79 Å². The number of carbonyl (C=O) groups is 1. The zero-order valence-corrected chi connectivity index (χ0v) is 14.6. The molecule has 1 aromatic heterocycles. The van der Waals surface area contributed by atoms with Gasteiger partial charge in [0.1, 0.15) is 12.4 Å². The maximum Gasteiger partial charge on any atom is 0.248 e. The molecular formula is C18H17ClN4O2. The molecule has 0 aliphatic heterocycles. The molecule has 25 heavy (non-hydrogen) atoms. The Balaban J connectivity index is 1.79. The molecule has 0 aliphatic rings. The number of rotatable bonds is 5. The van der Waals surface area contributed by atoms with Gasteiger partial charge in [-0.2, -0.15) is 0 Å². The number of halogens is 1. The smallest absolute Gasteiger partial charge is 0.248 e. The quantitative estimate of drug-likeness (QED) is 0.761. The topological polar surface area (TPSA) is 83.0 Å². The molecule has 0 spiro atoms. The molecule has 128 valence electrons. The minimum atomic E-state index is -0.465. The van der Waals surface area contributed by atoms with Gasteiger partial charge in [-0.25, -0.2) is 0 Å². The number of ether oxygens (including phenoxy) is 1. The van der Waals surface area contributed by atoms with E-state index >= 15 is 0 Å². The second kappa shape index (κ2) is 6.94. The van der Waals surface area contributed by atoms with Crippen molar-refractivity contribution in [2.24, 2.45) is 12.8 Å². The first-order valence-corrected chi connectivity index (χ1v) is 8.01. The summed E-state index contributed by atoms with van der Waals surface area (Å²) in [5.74, 6) is 1.53. The van der Waals surface area contributed by atoms with Crippen LogP contribution in [0.4, 0.5) is 0 Å². The minimum Gasteiger partial charge on any atom is -0.485 e. The van der Waals surface area contributed by atoms with Crippen molar-refractivity contribution in [2.75, 3.05) is 0 Å². The van der Waals surface area contributed by atoms with Crippen LogP contribution in [-0.2, 0) is 13.7 Å². The molecule has 1 heterocycles. The Bertz CT molecular complexity index is 937. The van der Waals surface area contributed by atoms with Gasteiger partial charge >= 0.3 is 0 Å². The number of carbonyl (C=O) groups excluding carboxylic acids is 1. The van der Waals surface area contributed by atoms with E-state index in [4.69, 9.17) is 22.1 Å². The Morgan fingerprint density at radius 1 is 1.24 bits per heavy atom. The van der Waals surface area contributed by atoms with Crippen LogP contribution in [0, 0.1) is 6.92 Å². The molecule has 0 radical (unpaired) electrons. The zero-order valence-electron chi connectivity index (χ0n) is 13.9. The Morgan fingerprint density at radius 3 is 2.68 bits per heavy atom. The summed E-state index contributed by atoms with van der Waals surface area (Å²) >= 11 is 6.22. The number of hydrogen-bond donors (Lipinski definition) is 1. The molecule has 0 fully saturated rings. The summed E-state index contributed by atoms with van der Waals surface area (Å²) in [5, 5.41) is 9.00. The van der Waals surface area contributed by atoms with Crippen LogP contribution in [0.2, 0.25) is 5.02 Å². The molecular weight excluding hydrogens is 340 g/mol. The molecule has 3 aromatic rings. The number of aryl methyl sites for hydroxylation is 1.